The average molecular weight is 438 g/mol. The molecule has 6 heteroatoms. The van der Waals surface area contributed by atoms with Crippen molar-refractivity contribution in [2.75, 3.05) is 32.8 Å². The zero-order chi connectivity index (χ0) is 15.8. The van der Waals surface area contributed by atoms with Crippen LogP contribution in [0.2, 0.25) is 0 Å². The zero-order valence-corrected chi connectivity index (χ0v) is 17.1. The number of aliphatic imine (C=N–C) groups is 1. The van der Waals surface area contributed by atoms with Crippen molar-refractivity contribution >= 4 is 29.9 Å². The first-order chi connectivity index (χ1) is 10.7. The highest BCUT2D eigenvalue weighted by Gasteiger charge is 2.27. The Bertz CT molecular complexity index is 339. The van der Waals surface area contributed by atoms with E-state index in [4.69, 9.17) is 5.11 Å². The number of aliphatic hydroxyl groups excluding tert-OH is 1. The molecule has 23 heavy (non-hydrogen) atoms. The minimum absolute atomic E-state index is 0. The molecule has 2 aliphatic rings. The highest BCUT2D eigenvalue weighted by molar-refractivity contribution is 14.0. The van der Waals surface area contributed by atoms with E-state index in [0.717, 1.165) is 18.5 Å². The fourth-order valence-electron chi connectivity index (χ4n) is 3.50. The molecular weight excluding hydrogens is 403 g/mol. The third kappa shape index (κ3) is 7.13. The molecule has 0 bridgehead atoms. The summed E-state index contributed by atoms with van der Waals surface area (Å²) in [6, 6.07) is 1.38. The summed E-state index contributed by atoms with van der Waals surface area (Å²) in [7, 11) is 0. The molecular formula is C17H35IN4O. The Labute approximate surface area is 158 Å². The van der Waals surface area contributed by atoms with Crippen LogP contribution in [0.4, 0.5) is 0 Å². The Morgan fingerprint density at radius 3 is 2.43 bits per heavy atom. The smallest absolute Gasteiger partial charge is 0.191 e. The second kappa shape index (κ2) is 11.5. The van der Waals surface area contributed by atoms with Crippen molar-refractivity contribution in [3.63, 3.8) is 0 Å². The molecule has 0 aromatic rings. The van der Waals surface area contributed by atoms with Crippen LogP contribution >= 0.6 is 24.0 Å². The molecule has 0 aromatic carbocycles. The average Bonchev–Trinajstić information content (AvgIpc) is 3.07. The van der Waals surface area contributed by atoms with Gasteiger partial charge in [-0.2, -0.15) is 0 Å². The Kier molecular flexibility index (Phi) is 10.5. The quantitative estimate of drug-likeness (QED) is 0.338. The predicted octanol–water partition coefficient (Wildman–Crippen LogP) is 2.19. The molecule has 1 saturated carbocycles. The first-order valence-corrected chi connectivity index (χ1v) is 9.12. The fraction of sp³-hybridized carbons (Fsp3) is 0.941. The lowest BCUT2D eigenvalue weighted by atomic mass is 10.0. The van der Waals surface area contributed by atoms with Crippen LogP contribution in [-0.2, 0) is 0 Å². The number of likely N-dealkylation sites (tertiary alicyclic amines) is 1. The normalized spacial score (nSPS) is 22.7. The van der Waals surface area contributed by atoms with E-state index in [1.807, 2.05) is 6.92 Å². The lowest BCUT2D eigenvalue weighted by Gasteiger charge is -2.36. The van der Waals surface area contributed by atoms with Crippen LogP contribution in [0.15, 0.2) is 4.99 Å². The third-order valence-corrected chi connectivity index (χ3v) is 4.93. The van der Waals surface area contributed by atoms with Crippen molar-refractivity contribution in [1.82, 2.24) is 15.5 Å². The maximum absolute atomic E-state index is 9.12. The van der Waals surface area contributed by atoms with Gasteiger partial charge in [-0.1, -0.05) is 19.8 Å². The third-order valence-electron chi connectivity index (χ3n) is 4.93. The van der Waals surface area contributed by atoms with E-state index in [1.54, 1.807) is 0 Å². The Morgan fingerprint density at radius 1 is 1.22 bits per heavy atom. The number of nitrogens with one attached hydrogen (secondary N) is 2. The molecule has 3 N–H and O–H groups in total. The molecule has 1 aliphatic heterocycles. The van der Waals surface area contributed by atoms with Crippen LogP contribution in [0.3, 0.4) is 0 Å². The van der Waals surface area contributed by atoms with E-state index in [1.165, 1.54) is 51.6 Å². The minimum atomic E-state index is 0. The standard InChI is InChI=1S/C17H34N4O.HI/c1-3-18-17(19-12-14(2)13-22)20-15-8-10-21(11-9-15)16-6-4-5-7-16;/h14-16,22H,3-13H2,1-2H3,(H2,18,19,20);1H. The number of aliphatic hydroxyl groups is 1. The number of rotatable bonds is 6. The summed E-state index contributed by atoms with van der Waals surface area (Å²) in [5.74, 6) is 1.13. The number of hydrogen-bond acceptors (Lipinski definition) is 3. The maximum Gasteiger partial charge on any atom is 0.191 e. The van der Waals surface area contributed by atoms with E-state index in [2.05, 4.69) is 27.4 Å². The second-order valence-electron chi connectivity index (χ2n) is 6.90. The molecule has 1 unspecified atom stereocenters. The van der Waals surface area contributed by atoms with Crippen molar-refractivity contribution < 1.29 is 5.11 Å². The molecule has 1 aliphatic carbocycles. The minimum Gasteiger partial charge on any atom is -0.396 e. The summed E-state index contributed by atoms with van der Waals surface area (Å²) in [5, 5.41) is 16.0. The van der Waals surface area contributed by atoms with E-state index in [-0.39, 0.29) is 36.5 Å². The van der Waals surface area contributed by atoms with E-state index in [0.29, 0.717) is 12.6 Å². The van der Waals surface area contributed by atoms with E-state index in [9.17, 15) is 0 Å². The summed E-state index contributed by atoms with van der Waals surface area (Å²) >= 11 is 0. The predicted molar refractivity (Wildman–Crippen MR) is 108 cm³/mol. The van der Waals surface area contributed by atoms with Crippen LogP contribution in [-0.4, -0.2) is 60.8 Å². The number of guanidine groups is 1. The summed E-state index contributed by atoms with van der Waals surface area (Å²) in [6.45, 7) is 8.29. The summed E-state index contributed by atoms with van der Waals surface area (Å²) in [5.41, 5.74) is 0. The number of hydrogen-bond donors (Lipinski definition) is 3. The van der Waals surface area contributed by atoms with Gasteiger partial charge in [0.15, 0.2) is 5.96 Å². The topological polar surface area (TPSA) is 59.9 Å². The van der Waals surface area contributed by atoms with Gasteiger partial charge in [-0.05, 0) is 38.5 Å². The van der Waals surface area contributed by atoms with Crippen LogP contribution in [0, 0.1) is 5.92 Å². The van der Waals surface area contributed by atoms with Crippen LogP contribution in [0.25, 0.3) is 0 Å². The summed E-state index contributed by atoms with van der Waals surface area (Å²) < 4.78 is 0. The van der Waals surface area contributed by atoms with Crippen LogP contribution in [0.1, 0.15) is 52.4 Å². The maximum atomic E-state index is 9.12. The second-order valence-corrected chi connectivity index (χ2v) is 6.90. The van der Waals surface area contributed by atoms with Gasteiger partial charge in [0.25, 0.3) is 0 Å². The Balaban J connectivity index is 0.00000264. The highest BCUT2D eigenvalue weighted by Crippen LogP contribution is 2.26. The molecule has 0 radical (unpaired) electrons. The molecule has 136 valence electrons. The SMILES string of the molecule is CCNC(=NCC(C)CO)NC1CCN(C2CCCC2)CC1.I. The van der Waals surface area contributed by atoms with Gasteiger partial charge in [0.1, 0.15) is 0 Å². The molecule has 1 atom stereocenters. The van der Waals surface area contributed by atoms with Gasteiger partial charge in [-0.25, -0.2) is 0 Å². The lowest BCUT2D eigenvalue weighted by Crippen LogP contribution is -2.50. The number of halogens is 1. The van der Waals surface area contributed by atoms with Gasteiger partial charge < -0.3 is 20.6 Å². The molecule has 0 amide bonds. The molecule has 2 rings (SSSR count). The van der Waals surface area contributed by atoms with Gasteiger partial charge in [-0.3, -0.25) is 4.99 Å². The monoisotopic (exact) mass is 438 g/mol. The van der Waals surface area contributed by atoms with Crippen molar-refractivity contribution in [2.24, 2.45) is 10.9 Å². The lowest BCUT2D eigenvalue weighted by molar-refractivity contribution is 0.150. The van der Waals surface area contributed by atoms with Crippen molar-refractivity contribution in [3.05, 3.63) is 0 Å². The number of nitrogens with zero attached hydrogens (tertiary/aromatic N) is 2. The van der Waals surface area contributed by atoms with Gasteiger partial charge in [-0.15, -0.1) is 24.0 Å². The number of piperidine rings is 1. The first-order valence-electron chi connectivity index (χ1n) is 9.12. The van der Waals surface area contributed by atoms with Crippen molar-refractivity contribution in [3.8, 4) is 0 Å². The summed E-state index contributed by atoms with van der Waals surface area (Å²) in [4.78, 5) is 7.29. The molecule has 1 heterocycles. The van der Waals surface area contributed by atoms with Gasteiger partial charge in [0.05, 0.1) is 0 Å². The molecule has 0 spiro atoms. The van der Waals surface area contributed by atoms with E-state index < -0.39 is 0 Å². The van der Waals surface area contributed by atoms with E-state index >= 15 is 0 Å². The molecule has 1 saturated heterocycles. The van der Waals surface area contributed by atoms with Crippen LogP contribution in [0.5, 0.6) is 0 Å². The molecule has 0 aromatic heterocycles. The molecule has 5 nitrogen and oxygen atoms in total. The van der Waals surface area contributed by atoms with Gasteiger partial charge >= 0.3 is 0 Å². The van der Waals surface area contributed by atoms with Crippen LogP contribution < -0.4 is 10.6 Å². The highest BCUT2D eigenvalue weighted by atomic mass is 127. The fourth-order valence-corrected chi connectivity index (χ4v) is 3.50. The van der Waals surface area contributed by atoms with Gasteiger partial charge in [0, 0.05) is 44.9 Å². The Morgan fingerprint density at radius 2 is 1.87 bits per heavy atom. The molecule has 2 fully saturated rings. The first kappa shape index (κ1) is 21.0. The zero-order valence-electron chi connectivity index (χ0n) is 14.8. The van der Waals surface area contributed by atoms with Crippen molar-refractivity contribution in [1.29, 1.82) is 0 Å². The Hall–Kier alpha value is -0.0800. The summed E-state index contributed by atoms with van der Waals surface area (Å²) in [6.07, 6.45) is 8.06. The van der Waals surface area contributed by atoms with Crippen molar-refractivity contribution in [2.45, 2.75) is 64.5 Å². The van der Waals surface area contributed by atoms with Gasteiger partial charge in [0.2, 0.25) is 0 Å². The largest absolute Gasteiger partial charge is 0.396 e.